The first-order valence-corrected chi connectivity index (χ1v) is 5.38. The third kappa shape index (κ3) is 2.13. The highest BCUT2D eigenvalue weighted by atomic mass is 16.4. The predicted octanol–water partition coefficient (Wildman–Crippen LogP) is 0.0962. The average molecular weight is 238 g/mol. The van der Waals surface area contributed by atoms with Crippen LogP contribution in [0.25, 0.3) is 0 Å². The number of amides is 1. The Morgan fingerprint density at radius 2 is 2.18 bits per heavy atom. The topological polar surface area (TPSA) is 108 Å². The molecular formula is C10H14N4O3. The van der Waals surface area contributed by atoms with E-state index in [0.717, 1.165) is 12.8 Å². The van der Waals surface area contributed by atoms with Crippen molar-refractivity contribution in [2.24, 2.45) is 5.92 Å². The SMILES string of the molecule is Cc1nc(C(=O)NC(C)(C(=O)O)C2CC2)n[nH]1. The minimum absolute atomic E-state index is 0.0102. The maximum atomic E-state index is 11.8. The fourth-order valence-electron chi connectivity index (χ4n) is 1.73. The quantitative estimate of drug-likeness (QED) is 0.689. The van der Waals surface area contributed by atoms with E-state index in [1.807, 2.05) is 0 Å². The molecule has 0 spiro atoms. The van der Waals surface area contributed by atoms with Crippen LogP contribution in [-0.2, 0) is 4.79 Å². The molecule has 0 saturated heterocycles. The Kier molecular flexibility index (Phi) is 2.60. The first-order chi connectivity index (χ1) is 7.93. The lowest BCUT2D eigenvalue weighted by molar-refractivity contribution is -0.144. The number of aromatic nitrogens is 3. The van der Waals surface area contributed by atoms with Gasteiger partial charge in [0, 0.05) is 0 Å². The Labute approximate surface area is 97.6 Å². The summed E-state index contributed by atoms with van der Waals surface area (Å²) < 4.78 is 0. The van der Waals surface area contributed by atoms with Gasteiger partial charge in [-0.25, -0.2) is 9.78 Å². The van der Waals surface area contributed by atoms with Crippen LogP contribution in [0.3, 0.4) is 0 Å². The normalized spacial score (nSPS) is 18.5. The Bertz CT molecular complexity index is 466. The van der Waals surface area contributed by atoms with Crippen molar-refractivity contribution < 1.29 is 14.7 Å². The van der Waals surface area contributed by atoms with Crippen molar-refractivity contribution in [1.29, 1.82) is 0 Å². The number of nitrogens with one attached hydrogen (secondary N) is 2. The lowest BCUT2D eigenvalue weighted by Crippen LogP contribution is -2.54. The van der Waals surface area contributed by atoms with Gasteiger partial charge in [0.05, 0.1) is 0 Å². The van der Waals surface area contributed by atoms with E-state index in [-0.39, 0.29) is 11.7 Å². The van der Waals surface area contributed by atoms with Gasteiger partial charge in [-0.1, -0.05) is 0 Å². The molecule has 7 heteroatoms. The highest BCUT2D eigenvalue weighted by molar-refractivity contribution is 5.95. The summed E-state index contributed by atoms with van der Waals surface area (Å²) in [4.78, 5) is 26.9. The van der Waals surface area contributed by atoms with Crippen molar-refractivity contribution >= 4 is 11.9 Å². The van der Waals surface area contributed by atoms with Crippen LogP contribution in [0.5, 0.6) is 0 Å². The largest absolute Gasteiger partial charge is 0.480 e. The molecule has 1 atom stereocenters. The Morgan fingerprint density at radius 3 is 2.59 bits per heavy atom. The van der Waals surface area contributed by atoms with Crippen LogP contribution >= 0.6 is 0 Å². The lowest BCUT2D eigenvalue weighted by atomic mass is 9.96. The van der Waals surface area contributed by atoms with Crippen LogP contribution in [0.4, 0.5) is 0 Å². The summed E-state index contributed by atoms with van der Waals surface area (Å²) in [5.41, 5.74) is -1.23. The van der Waals surface area contributed by atoms with E-state index in [1.54, 1.807) is 6.92 Å². The predicted molar refractivity (Wildman–Crippen MR) is 57.4 cm³/mol. The molecule has 1 unspecified atom stereocenters. The molecule has 0 bridgehead atoms. The van der Waals surface area contributed by atoms with E-state index in [4.69, 9.17) is 0 Å². The van der Waals surface area contributed by atoms with Crippen molar-refractivity contribution in [3.63, 3.8) is 0 Å². The number of carboxylic acids is 1. The molecule has 92 valence electrons. The van der Waals surface area contributed by atoms with Crippen molar-refractivity contribution in [1.82, 2.24) is 20.5 Å². The molecule has 1 aliphatic rings. The summed E-state index contributed by atoms with van der Waals surface area (Å²) in [5, 5.41) is 17.9. The van der Waals surface area contributed by atoms with Gasteiger partial charge in [-0.05, 0) is 32.6 Å². The number of aliphatic carboxylic acids is 1. The number of nitrogens with zero attached hydrogens (tertiary/aromatic N) is 2. The summed E-state index contributed by atoms with van der Waals surface area (Å²) in [6.07, 6.45) is 1.63. The fourth-order valence-corrected chi connectivity index (χ4v) is 1.73. The average Bonchev–Trinajstić information content (AvgIpc) is 3.01. The zero-order valence-electron chi connectivity index (χ0n) is 9.65. The van der Waals surface area contributed by atoms with Crippen molar-refractivity contribution in [2.45, 2.75) is 32.2 Å². The molecule has 1 aromatic heterocycles. The van der Waals surface area contributed by atoms with Gasteiger partial charge in [0.25, 0.3) is 5.91 Å². The number of carboxylic acid groups (broad SMARTS) is 1. The van der Waals surface area contributed by atoms with E-state index < -0.39 is 17.4 Å². The van der Waals surface area contributed by atoms with E-state index in [2.05, 4.69) is 20.5 Å². The molecule has 7 nitrogen and oxygen atoms in total. The van der Waals surface area contributed by atoms with Crippen LogP contribution in [-0.4, -0.2) is 37.7 Å². The molecule has 1 fully saturated rings. The highest BCUT2D eigenvalue weighted by Crippen LogP contribution is 2.39. The van der Waals surface area contributed by atoms with Gasteiger partial charge in [0.1, 0.15) is 11.4 Å². The van der Waals surface area contributed by atoms with Crippen molar-refractivity contribution in [2.75, 3.05) is 0 Å². The fraction of sp³-hybridized carbons (Fsp3) is 0.600. The minimum Gasteiger partial charge on any atom is -0.480 e. The van der Waals surface area contributed by atoms with Crippen LogP contribution < -0.4 is 5.32 Å². The second kappa shape index (κ2) is 3.83. The highest BCUT2D eigenvalue weighted by Gasteiger charge is 2.49. The maximum Gasteiger partial charge on any atom is 0.329 e. The molecule has 3 N–H and O–H groups in total. The van der Waals surface area contributed by atoms with Crippen LogP contribution in [0.15, 0.2) is 0 Å². The zero-order valence-corrected chi connectivity index (χ0v) is 9.65. The number of H-pyrrole nitrogens is 1. The first kappa shape index (κ1) is 11.6. The number of aryl methyl sites for hydroxylation is 1. The number of carbonyl (C=O) groups excluding carboxylic acids is 1. The van der Waals surface area contributed by atoms with E-state index >= 15 is 0 Å². The third-order valence-corrected chi connectivity index (χ3v) is 3.01. The maximum absolute atomic E-state index is 11.8. The summed E-state index contributed by atoms with van der Waals surface area (Å²) in [6.45, 7) is 3.19. The number of rotatable bonds is 4. The molecule has 0 aromatic carbocycles. The van der Waals surface area contributed by atoms with Gasteiger partial charge in [0.15, 0.2) is 0 Å². The number of aromatic amines is 1. The Hall–Kier alpha value is -1.92. The van der Waals surface area contributed by atoms with Gasteiger partial charge in [-0.2, -0.15) is 0 Å². The second-order valence-corrected chi connectivity index (χ2v) is 4.48. The van der Waals surface area contributed by atoms with Crippen molar-refractivity contribution in [3.8, 4) is 0 Å². The van der Waals surface area contributed by atoms with E-state index in [0.29, 0.717) is 5.82 Å². The molecule has 2 rings (SSSR count). The number of carbonyl (C=O) groups is 2. The molecule has 0 radical (unpaired) electrons. The van der Waals surface area contributed by atoms with Crippen LogP contribution in [0, 0.1) is 12.8 Å². The Morgan fingerprint density at radius 1 is 1.53 bits per heavy atom. The minimum atomic E-state index is -1.23. The van der Waals surface area contributed by atoms with Gasteiger partial charge in [-0.3, -0.25) is 9.89 Å². The summed E-state index contributed by atoms with van der Waals surface area (Å²) >= 11 is 0. The van der Waals surface area contributed by atoms with Crippen LogP contribution in [0.2, 0.25) is 0 Å². The van der Waals surface area contributed by atoms with Gasteiger partial charge in [-0.15, -0.1) is 5.10 Å². The lowest BCUT2D eigenvalue weighted by Gasteiger charge is -2.25. The molecule has 17 heavy (non-hydrogen) atoms. The van der Waals surface area contributed by atoms with E-state index in [9.17, 15) is 14.7 Å². The van der Waals surface area contributed by atoms with Crippen LogP contribution in [0.1, 0.15) is 36.2 Å². The smallest absolute Gasteiger partial charge is 0.329 e. The van der Waals surface area contributed by atoms with Crippen molar-refractivity contribution in [3.05, 3.63) is 11.6 Å². The second-order valence-electron chi connectivity index (χ2n) is 4.48. The molecule has 1 aliphatic carbocycles. The van der Waals surface area contributed by atoms with Gasteiger partial charge in [0.2, 0.25) is 5.82 Å². The third-order valence-electron chi connectivity index (χ3n) is 3.01. The number of hydrogen-bond acceptors (Lipinski definition) is 4. The van der Waals surface area contributed by atoms with Gasteiger partial charge < -0.3 is 10.4 Å². The summed E-state index contributed by atoms with van der Waals surface area (Å²) in [6, 6.07) is 0. The summed E-state index contributed by atoms with van der Waals surface area (Å²) in [7, 11) is 0. The zero-order chi connectivity index (χ0) is 12.6. The number of hydrogen-bond donors (Lipinski definition) is 3. The molecule has 1 heterocycles. The first-order valence-electron chi connectivity index (χ1n) is 5.38. The molecule has 1 saturated carbocycles. The monoisotopic (exact) mass is 238 g/mol. The molecular weight excluding hydrogens is 224 g/mol. The Balaban J connectivity index is 2.14. The summed E-state index contributed by atoms with van der Waals surface area (Å²) in [5.74, 6) is -1.12. The molecule has 1 amide bonds. The standard InChI is InChI=1S/C10H14N4O3/c1-5-11-7(14-13-5)8(15)12-10(2,9(16)17)6-3-4-6/h6H,3-4H2,1-2H3,(H,12,15)(H,16,17)(H,11,13,14). The van der Waals surface area contributed by atoms with Gasteiger partial charge >= 0.3 is 5.97 Å². The molecule has 0 aliphatic heterocycles. The van der Waals surface area contributed by atoms with E-state index in [1.165, 1.54) is 6.92 Å². The molecule has 1 aromatic rings.